The number of aromatic nitrogens is 2. The molecule has 2 fully saturated rings. The van der Waals surface area contributed by atoms with Gasteiger partial charge in [0, 0.05) is 44.4 Å². The second kappa shape index (κ2) is 13.1. The Kier molecular flexibility index (Phi) is 9.12. The van der Waals surface area contributed by atoms with Crippen LogP contribution in [0.4, 0.5) is 5.95 Å². The summed E-state index contributed by atoms with van der Waals surface area (Å²) in [6, 6.07) is 8.46. The molecule has 1 amide bonds. The molecule has 1 aliphatic carbocycles. The van der Waals surface area contributed by atoms with E-state index in [1.807, 2.05) is 24.2 Å². The summed E-state index contributed by atoms with van der Waals surface area (Å²) >= 11 is 0. The van der Waals surface area contributed by atoms with Crippen LogP contribution in [0.2, 0.25) is 0 Å². The van der Waals surface area contributed by atoms with E-state index in [0.29, 0.717) is 19.1 Å². The average Bonchev–Trinajstić information content (AvgIpc) is 3.48. The lowest BCUT2D eigenvalue weighted by Crippen LogP contribution is -2.36. The first-order valence-electron chi connectivity index (χ1n) is 14.6. The number of ether oxygens (including phenoxy) is 1. The van der Waals surface area contributed by atoms with Crippen molar-refractivity contribution in [3.05, 3.63) is 53.9 Å². The molecule has 1 aromatic heterocycles. The van der Waals surface area contributed by atoms with Crippen LogP contribution in [0.3, 0.4) is 0 Å². The van der Waals surface area contributed by atoms with Gasteiger partial charge in [-0.2, -0.15) is 0 Å². The average molecular weight is 532 g/mol. The van der Waals surface area contributed by atoms with Crippen LogP contribution in [-0.2, 0) is 16.1 Å². The molecule has 8 nitrogen and oxygen atoms in total. The highest BCUT2D eigenvalue weighted by molar-refractivity contribution is 5.93. The zero-order valence-corrected chi connectivity index (χ0v) is 23.3. The molecule has 0 spiro atoms. The number of aryl methyl sites for hydroxylation is 1. The Bertz CT molecular complexity index is 1150. The molecule has 208 valence electrons. The Labute approximate surface area is 232 Å². The van der Waals surface area contributed by atoms with E-state index < -0.39 is 0 Å². The number of benzene rings is 1. The number of rotatable bonds is 9. The lowest BCUT2D eigenvalue weighted by Gasteiger charge is -2.31. The second-order valence-corrected chi connectivity index (χ2v) is 10.8. The van der Waals surface area contributed by atoms with E-state index in [-0.39, 0.29) is 11.8 Å². The van der Waals surface area contributed by atoms with Gasteiger partial charge in [-0.15, -0.1) is 0 Å². The van der Waals surface area contributed by atoms with Crippen molar-refractivity contribution in [2.75, 3.05) is 44.3 Å². The number of piperidine rings is 1. The van der Waals surface area contributed by atoms with Crippen LogP contribution in [0.5, 0.6) is 5.75 Å². The maximum absolute atomic E-state index is 13.0. The third-order valence-electron chi connectivity index (χ3n) is 8.15. The Morgan fingerprint density at radius 2 is 1.79 bits per heavy atom. The van der Waals surface area contributed by atoms with E-state index in [0.717, 1.165) is 88.6 Å². The third kappa shape index (κ3) is 6.97. The molecule has 2 aromatic rings. The van der Waals surface area contributed by atoms with Gasteiger partial charge in [-0.3, -0.25) is 4.79 Å². The van der Waals surface area contributed by atoms with Gasteiger partial charge in [0.2, 0.25) is 11.9 Å². The monoisotopic (exact) mass is 531 g/mol. The number of hydrogen-bond donors (Lipinski definition) is 0. The van der Waals surface area contributed by atoms with E-state index in [2.05, 4.69) is 57.3 Å². The quantitative estimate of drug-likeness (QED) is 0.417. The summed E-state index contributed by atoms with van der Waals surface area (Å²) in [6.45, 7) is 8.63. The smallest absolute Gasteiger partial charge is 0.226 e. The lowest BCUT2D eigenvalue weighted by molar-refractivity contribution is -0.134. The molecule has 39 heavy (non-hydrogen) atoms. The molecule has 1 atom stereocenters. The van der Waals surface area contributed by atoms with Crippen LogP contribution in [0, 0.1) is 11.8 Å². The second-order valence-electron chi connectivity index (χ2n) is 10.8. The number of anilines is 1. The highest BCUT2D eigenvalue weighted by atomic mass is 16.6. The minimum absolute atomic E-state index is 0.0662. The molecule has 0 radical (unpaired) electrons. The molecule has 5 rings (SSSR count). The predicted molar refractivity (Wildman–Crippen MR) is 154 cm³/mol. The summed E-state index contributed by atoms with van der Waals surface area (Å²) in [6.07, 6.45) is 12.7. The standard InChI is InChI=1S/C31H41N5O3/c1-3-23-19-32-31(33-20-23)35-16-13-24(14-17-35)22-38-29-11-9-26(10-12-29)25-5-7-27(8-6-25)30(37)36-18-15-28(21-36)34-39-4-2/h5,9-12,19-20,24,27H,3-4,6-8,13-18,21-22H2,1-2H3/b34-28+. The molecule has 0 N–H and O–H groups in total. The van der Waals surface area contributed by atoms with Crippen LogP contribution in [0.15, 0.2) is 47.9 Å². The van der Waals surface area contributed by atoms with Crippen molar-refractivity contribution in [1.82, 2.24) is 14.9 Å². The largest absolute Gasteiger partial charge is 0.493 e. The van der Waals surface area contributed by atoms with Crippen molar-refractivity contribution in [2.24, 2.45) is 17.0 Å². The van der Waals surface area contributed by atoms with Gasteiger partial charge in [-0.1, -0.05) is 30.3 Å². The maximum atomic E-state index is 13.0. The molecule has 2 saturated heterocycles. The lowest BCUT2D eigenvalue weighted by atomic mass is 9.86. The molecule has 8 heteroatoms. The topological polar surface area (TPSA) is 80.1 Å². The summed E-state index contributed by atoms with van der Waals surface area (Å²) in [5.41, 5.74) is 4.69. The fourth-order valence-corrected chi connectivity index (χ4v) is 5.61. The van der Waals surface area contributed by atoms with E-state index in [4.69, 9.17) is 9.57 Å². The Hall–Kier alpha value is -3.42. The van der Waals surface area contributed by atoms with Crippen LogP contribution in [0.25, 0.3) is 5.57 Å². The van der Waals surface area contributed by atoms with Gasteiger partial charge in [0.1, 0.15) is 12.4 Å². The SMILES string of the molecule is CCO/N=C1\CCN(C(=O)C2CC=C(c3ccc(OCC4CCN(c5ncc(CC)cn5)CC4)cc3)CC2)C1. The number of amides is 1. The van der Waals surface area contributed by atoms with Gasteiger partial charge in [0.25, 0.3) is 0 Å². The third-order valence-corrected chi connectivity index (χ3v) is 8.15. The van der Waals surface area contributed by atoms with E-state index in [1.54, 1.807) is 0 Å². The zero-order valence-electron chi connectivity index (χ0n) is 23.3. The fourth-order valence-electron chi connectivity index (χ4n) is 5.61. The first-order valence-corrected chi connectivity index (χ1v) is 14.6. The van der Waals surface area contributed by atoms with Crippen molar-refractivity contribution in [3.8, 4) is 5.75 Å². The van der Waals surface area contributed by atoms with Crippen molar-refractivity contribution >= 4 is 23.1 Å². The van der Waals surface area contributed by atoms with Crippen LogP contribution >= 0.6 is 0 Å². The van der Waals surface area contributed by atoms with Gasteiger partial charge in [-0.25, -0.2) is 9.97 Å². The van der Waals surface area contributed by atoms with Crippen molar-refractivity contribution < 1.29 is 14.4 Å². The summed E-state index contributed by atoms with van der Waals surface area (Å²) in [7, 11) is 0. The van der Waals surface area contributed by atoms with Gasteiger partial charge >= 0.3 is 0 Å². The Morgan fingerprint density at radius 3 is 2.46 bits per heavy atom. The van der Waals surface area contributed by atoms with Gasteiger partial charge in [0.15, 0.2) is 0 Å². The number of allylic oxidation sites excluding steroid dienone is 2. The highest BCUT2D eigenvalue weighted by Gasteiger charge is 2.30. The van der Waals surface area contributed by atoms with Crippen molar-refractivity contribution in [1.29, 1.82) is 0 Å². The molecule has 0 bridgehead atoms. The summed E-state index contributed by atoms with van der Waals surface area (Å²) in [5, 5.41) is 4.13. The summed E-state index contributed by atoms with van der Waals surface area (Å²) < 4.78 is 6.16. The Balaban J connectivity index is 1.05. The fraction of sp³-hybridized carbons (Fsp3) is 0.548. The van der Waals surface area contributed by atoms with Crippen LogP contribution < -0.4 is 9.64 Å². The molecule has 3 heterocycles. The van der Waals surface area contributed by atoms with E-state index >= 15 is 0 Å². The van der Waals surface area contributed by atoms with Gasteiger partial charge in [-0.05, 0) is 80.2 Å². The minimum Gasteiger partial charge on any atom is -0.493 e. The predicted octanol–water partition coefficient (Wildman–Crippen LogP) is 5.14. The van der Waals surface area contributed by atoms with E-state index in [9.17, 15) is 4.79 Å². The zero-order chi connectivity index (χ0) is 27.0. The van der Waals surface area contributed by atoms with E-state index in [1.165, 1.54) is 16.7 Å². The minimum atomic E-state index is 0.0662. The van der Waals surface area contributed by atoms with Gasteiger partial charge in [0.05, 0.1) is 18.9 Å². The first kappa shape index (κ1) is 27.2. The number of nitrogens with zero attached hydrogens (tertiary/aromatic N) is 5. The summed E-state index contributed by atoms with van der Waals surface area (Å²) in [4.78, 5) is 31.4. The highest BCUT2D eigenvalue weighted by Crippen LogP contribution is 2.32. The number of oxime groups is 1. The Morgan fingerprint density at radius 1 is 1.03 bits per heavy atom. The molecule has 1 aromatic carbocycles. The number of carbonyl (C=O) groups excluding carboxylic acids is 1. The molecule has 2 aliphatic heterocycles. The van der Waals surface area contributed by atoms with Crippen molar-refractivity contribution in [2.45, 2.75) is 58.8 Å². The number of likely N-dealkylation sites (tertiary alicyclic amines) is 1. The van der Waals surface area contributed by atoms with Crippen LogP contribution in [0.1, 0.15) is 63.5 Å². The molecule has 1 unspecified atom stereocenters. The maximum Gasteiger partial charge on any atom is 0.226 e. The van der Waals surface area contributed by atoms with Gasteiger partial charge < -0.3 is 19.4 Å². The molecule has 0 saturated carbocycles. The molecular weight excluding hydrogens is 490 g/mol. The molecule has 3 aliphatic rings. The van der Waals surface area contributed by atoms with Crippen LogP contribution in [-0.4, -0.2) is 65.9 Å². The van der Waals surface area contributed by atoms with Crippen molar-refractivity contribution in [3.63, 3.8) is 0 Å². The normalized spacial score (nSPS) is 21.2. The number of carbonyl (C=O) groups is 1. The first-order chi connectivity index (χ1) is 19.1. The number of hydrogen-bond acceptors (Lipinski definition) is 7. The summed E-state index contributed by atoms with van der Waals surface area (Å²) in [5.74, 6) is 2.62. The molecular formula is C31H41N5O3.